The van der Waals surface area contributed by atoms with E-state index in [0.29, 0.717) is 0 Å². The summed E-state index contributed by atoms with van der Waals surface area (Å²) in [6.07, 6.45) is 0.287. The molecule has 94 valence electrons. The number of carboxylic acid groups (broad SMARTS) is 1. The Balaban J connectivity index is 3.17. The van der Waals surface area contributed by atoms with Crippen LogP contribution in [0.4, 0.5) is 0 Å². The lowest BCUT2D eigenvalue weighted by molar-refractivity contribution is -0.138. The molecule has 0 aliphatic carbocycles. The molecule has 17 heavy (non-hydrogen) atoms. The number of hydrogen-bond acceptors (Lipinski definition) is 3. The quantitative estimate of drug-likeness (QED) is 0.745. The van der Waals surface area contributed by atoms with Crippen molar-refractivity contribution >= 4 is 5.97 Å². The van der Waals surface area contributed by atoms with Gasteiger partial charge < -0.3 is 15.9 Å². The average molecular weight is 237 g/mol. The van der Waals surface area contributed by atoms with E-state index in [9.17, 15) is 9.90 Å². The number of phenolic OH excluding ortho intramolecular Hbond substituents is 1. The van der Waals surface area contributed by atoms with E-state index in [1.807, 2.05) is 20.8 Å². The number of phenols is 1. The van der Waals surface area contributed by atoms with Gasteiger partial charge in [-0.1, -0.05) is 13.8 Å². The minimum atomic E-state index is -1.01. The number of hydrogen-bond donors (Lipinski definition) is 3. The molecule has 0 spiro atoms. The van der Waals surface area contributed by atoms with Crippen molar-refractivity contribution in [1.82, 2.24) is 0 Å². The largest absolute Gasteiger partial charge is 0.508 e. The molecule has 4 nitrogen and oxygen atoms in total. The van der Waals surface area contributed by atoms with Gasteiger partial charge in [-0.25, -0.2) is 0 Å². The average Bonchev–Trinajstić information content (AvgIpc) is 2.20. The number of aromatic hydroxyl groups is 1. The van der Waals surface area contributed by atoms with E-state index in [1.54, 1.807) is 12.1 Å². The second-order valence-corrected chi connectivity index (χ2v) is 4.63. The number of carboxylic acids is 1. The molecule has 1 rings (SSSR count). The lowest BCUT2D eigenvalue weighted by Gasteiger charge is -2.18. The number of nitrogens with two attached hydrogens (primary N) is 1. The summed E-state index contributed by atoms with van der Waals surface area (Å²) in [4.78, 5) is 10.8. The molecule has 0 aliphatic heterocycles. The molecule has 0 radical (unpaired) electrons. The fraction of sp³-hybridized carbons (Fsp3) is 0.462. The van der Waals surface area contributed by atoms with Crippen LogP contribution in [0.15, 0.2) is 12.1 Å². The van der Waals surface area contributed by atoms with Crippen LogP contribution in [0.2, 0.25) is 0 Å². The molecule has 0 bridgehead atoms. The van der Waals surface area contributed by atoms with Crippen LogP contribution in [0.25, 0.3) is 0 Å². The Morgan fingerprint density at radius 3 is 2.47 bits per heavy atom. The molecule has 4 N–H and O–H groups in total. The highest BCUT2D eigenvalue weighted by molar-refractivity contribution is 5.73. The summed E-state index contributed by atoms with van der Waals surface area (Å²) in [5, 5.41) is 18.4. The van der Waals surface area contributed by atoms with Gasteiger partial charge in [0.2, 0.25) is 0 Å². The van der Waals surface area contributed by atoms with Gasteiger partial charge in [-0.15, -0.1) is 0 Å². The molecule has 0 fully saturated rings. The van der Waals surface area contributed by atoms with E-state index in [4.69, 9.17) is 10.8 Å². The fourth-order valence-electron chi connectivity index (χ4n) is 1.93. The van der Waals surface area contributed by atoms with E-state index >= 15 is 0 Å². The Morgan fingerprint density at radius 2 is 2.00 bits per heavy atom. The first-order valence-electron chi connectivity index (χ1n) is 5.63. The van der Waals surface area contributed by atoms with E-state index in [2.05, 4.69) is 0 Å². The maximum absolute atomic E-state index is 10.8. The van der Waals surface area contributed by atoms with Crippen molar-refractivity contribution < 1.29 is 15.0 Å². The van der Waals surface area contributed by atoms with Crippen LogP contribution in [-0.4, -0.2) is 22.2 Å². The van der Waals surface area contributed by atoms with Gasteiger partial charge in [0, 0.05) is 0 Å². The second-order valence-electron chi connectivity index (χ2n) is 4.63. The molecular weight excluding hydrogens is 218 g/mol. The van der Waals surface area contributed by atoms with Gasteiger partial charge in [-0.3, -0.25) is 4.79 Å². The van der Waals surface area contributed by atoms with Crippen molar-refractivity contribution in [1.29, 1.82) is 0 Å². The lowest BCUT2D eigenvalue weighted by atomic mass is 9.89. The summed E-state index contributed by atoms with van der Waals surface area (Å²) in [7, 11) is 0. The molecule has 0 saturated carbocycles. The molecule has 4 heteroatoms. The molecule has 1 aromatic rings. The van der Waals surface area contributed by atoms with Crippen LogP contribution in [0.3, 0.4) is 0 Å². The molecule has 0 aliphatic rings. The first-order valence-corrected chi connectivity index (χ1v) is 5.63. The second kappa shape index (κ2) is 5.19. The highest BCUT2D eigenvalue weighted by Crippen LogP contribution is 2.28. The molecule has 1 atom stereocenters. The predicted molar refractivity (Wildman–Crippen MR) is 66.2 cm³/mol. The van der Waals surface area contributed by atoms with Gasteiger partial charge in [0.25, 0.3) is 0 Å². The number of carbonyl (C=O) groups is 1. The molecule has 0 amide bonds. The van der Waals surface area contributed by atoms with E-state index in [-0.39, 0.29) is 18.1 Å². The highest BCUT2D eigenvalue weighted by atomic mass is 16.4. The Hall–Kier alpha value is -1.55. The van der Waals surface area contributed by atoms with Crippen molar-refractivity contribution in [2.75, 3.05) is 0 Å². The third kappa shape index (κ3) is 3.20. The maximum atomic E-state index is 10.8. The summed E-state index contributed by atoms with van der Waals surface area (Å²) >= 11 is 0. The first kappa shape index (κ1) is 13.5. The Kier molecular flexibility index (Phi) is 4.12. The van der Waals surface area contributed by atoms with Crippen molar-refractivity contribution in [3.05, 3.63) is 28.8 Å². The summed E-state index contributed by atoms with van der Waals surface area (Å²) in [5.74, 6) is -0.581. The Bertz CT molecular complexity index is 427. The van der Waals surface area contributed by atoms with Gasteiger partial charge in [0.05, 0.1) is 0 Å². The van der Waals surface area contributed by atoms with Crippen LogP contribution in [0.5, 0.6) is 5.75 Å². The SMILES string of the molecule is Cc1cc(O)cc(C(C)C)c1C[C@H](N)C(=O)O. The fourth-order valence-corrected chi connectivity index (χ4v) is 1.93. The van der Waals surface area contributed by atoms with E-state index in [0.717, 1.165) is 16.7 Å². The number of rotatable bonds is 4. The summed E-state index contributed by atoms with van der Waals surface area (Å²) in [6, 6.07) is 2.41. The summed E-state index contributed by atoms with van der Waals surface area (Å²) in [5.41, 5.74) is 8.32. The van der Waals surface area contributed by atoms with Gasteiger partial charge in [0.15, 0.2) is 0 Å². The predicted octanol–water partition coefficient (Wildman–Crippen LogP) is 1.78. The van der Waals surface area contributed by atoms with Crippen LogP contribution in [0.1, 0.15) is 36.5 Å². The van der Waals surface area contributed by atoms with Gasteiger partial charge in [-0.2, -0.15) is 0 Å². The number of aryl methyl sites for hydroxylation is 1. The third-order valence-corrected chi connectivity index (χ3v) is 2.86. The van der Waals surface area contributed by atoms with Crippen LogP contribution < -0.4 is 5.73 Å². The Morgan fingerprint density at radius 1 is 1.41 bits per heavy atom. The highest BCUT2D eigenvalue weighted by Gasteiger charge is 2.18. The topological polar surface area (TPSA) is 83.5 Å². The minimum Gasteiger partial charge on any atom is -0.508 e. The third-order valence-electron chi connectivity index (χ3n) is 2.86. The van der Waals surface area contributed by atoms with Gasteiger partial charge in [0.1, 0.15) is 11.8 Å². The molecular formula is C13H19NO3. The Labute approximate surface area is 101 Å². The zero-order chi connectivity index (χ0) is 13.2. The summed E-state index contributed by atoms with van der Waals surface area (Å²) < 4.78 is 0. The van der Waals surface area contributed by atoms with Gasteiger partial charge in [-0.05, 0) is 48.1 Å². The lowest BCUT2D eigenvalue weighted by Crippen LogP contribution is -2.33. The normalized spacial score (nSPS) is 12.8. The smallest absolute Gasteiger partial charge is 0.320 e. The standard InChI is InChI=1S/C13H19NO3/c1-7(2)10-5-9(15)4-8(3)11(10)6-12(14)13(16)17/h4-5,7,12,15H,6,14H2,1-3H3,(H,16,17)/t12-/m0/s1. The molecule has 0 unspecified atom stereocenters. The molecule has 0 aromatic heterocycles. The van der Waals surface area contributed by atoms with Crippen LogP contribution in [-0.2, 0) is 11.2 Å². The minimum absolute atomic E-state index is 0.207. The van der Waals surface area contributed by atoms with Crippen molar-refractivity contribution in [2.24, 2.45) is 5.73 Å². The zero-order valence-electron chi connectivity index (χ0n) is 10.4. The van der Waals surface area contributed by atoms with Crippen LogP contribution in [0, 0.1) is 6.92 Å². The first-order chi connectivity index (χ1) is 7.82. The zero-order valence-corrected chi connectivity index (χ0v) is 10.4. The van der Waals surface area contributed by atoms with Crippen molar-refractivity contribution in [2.45, 2.75) is 39.2 Å². The van der Waals surface area contributed by atoms with Gasteiger partial charge >= 0.3 is 5.97 Å². The number of aliphatic carboxylic acids is 1. The molecule has 0 heterocycles. The van der Waals surface area contributed by atoms with Crippen LogP contribution >= 0.6 is 0 Å². The maximum Gasteiger partial charge on any atom is 0.320 e. The van der Waals surface area contributed by atoms with E-state index in [1.165, 1.54) is 0 Å². The van der Waals surface area contributed by atoms with E-state index < -0.39 is 12.0 Å². The molecule has 1 aromatic carbocycles. The summed E-state index contributed by atoms with van der Waals surface area (Å²) in [6.45, 7) is 5.86. The van der Waals surface area contributed by atoms with Crippen molar-refractivity contribution in [3.8, 4) is 5.75 Å². The molecule has 0 saturated heterocycles. The number of benzene rings is 1. The van der Waals surface area contributed by atoms with Crippen molar-refractivity contribution in [3.63, 3.8) is 0 Å². The monoisotopic (exact) mass is 237 g/mol.